The van der Waals surface area contributed by atoms with Gasteiger partial charge in [0.1, 0.15) is 0 Å². The first kappa shape index (κ1) is 9.92. The molecule has 0 spiro atoms. The van der Waals surface area contributed by atoms with Gasteiger partial charge in [-0.15, -0.1) is 0 Å². The van der Waals surface area contributed by atoms with Crippen LogP contribution in [0, 0.1) is 5.92 Å². The Morgan fingerprint density at radius 1 is 1.40 bits per heavy atom. The molecule has 0 saturated carbocycles. The highest BCUT2D eigenvalue weighted by Crippen LogP contribution is 2.13. The van der Waals surface area contributed by atoms with Crippen LogP contribution in [0.4, 0.5) is 0 Å². The molecule has 0 aromatic rings. The van der Waals surface area contributed by atoms with E-state index in [4.69, 9.17) is 5.11 Å². The van der Waals surface area contributed by atoms with Crippen LogP contribution < -0.4 is 5.32 Å². The molecule has 0 heterocycles. The maximum atomic E-state index is 8.55. The first-order valence-electron chi connectivity index (χ1n) is 3.86. The molecule has 0 aliphatic heterocycles. The zero-order valence-electron chi connectivity index (χ0n) is 7.44. The van der Waals surface area contributed by atoms with Gasteiger partial charge in [0, 0.05) is 12.1 Å². The van der Waals surface area contributed by atoms with Gasteiger partial charge in [-0.1, -0.05) is 13.8 Å². The standard InChI is InChI=1S/C8H19NO/c1-7(2)8(3,4)9-5-6-10/h7,9-10H,5-6H2,1-4H3. The molecular formula is C8H19NO. The molecule has 0 rings (SSSR count). The molecule has 2 nitrogen and oxygen atoms in total. The second-order valence-electron chi connectivity index (χ2n) is 3.53. The summed E-state index contributed by atoms with van der Waals surface area (Å²) in [6.07, 6.45) is 0. The maximum Gasteiger partial charge on any atom is 0.0556 e. The van der Waals surface area contributed by atoms with Gasteiger partial charge in [-0.05, 0) is 19.8 Å². The van der Waals surface area contributed by atoms with Crippen molar-refractivity contribution >= 4 is 0 Å². The van der Waals surface area contributed by atoms with Crippen molar-refractivity contribution in [1.29, 1.82) is 0 Å². The highest BCUT2D eigenvalue weighted by atomic mass is 16.3. The Labute approximate surface area is 63.6 Å². The van der Waals surface area contributed by atoms with Crippen LogP contribution in [0.25, 0.3) is 0 Å². The quantitative estimate of drug-likeness (QED) is 0.618. The van der Waals surface area contributed by atoms with E-state index in [0.29, 0.717) is 12.5 Å². The van der Waals surface area contributed by atoms with Crippen LogP contribution in [0.2, 0.25) is 0 Å². The van der Waals surface area contributed by atoms with Crippen LogP contribution in [0.1, 0.15) is 27.7 Å². The SMILES string of the molecule is CC(C)C(C)(C)NCCO. The zero-order valence-corrected chi connectivity index (χ0v) is 7.44. The molecule has 0 aliphatic rings. The Kier molecular flexibility index (Phi) is 3.91. The lowest BCUT2D eigenvalue weighted by Crippen LogP contribution is -2.45. The van der Waals surface area contributed by atoms with E-state index in [-0.39, 0.29) is 12.1 Å². The second kappa shape index (κ2) is 3.94. The third-order valence-electron chi connectivity index (χ3n) is 2.14. The van der Waals surface area contributed by atoms with Crippen LogP contribution in [0.5, 0.6) is 0 Å². The largest absolute Gasteiger partial charge is 0.395 e. The zero-order chi connectivity index (χ0) is 8.20. The van der Waals surface area contributed by atoms with E-state index < -0.39 is 0 Å². The number of nitrogens with one attached hydrogen (secondary N) is 1. The first-order valence-corrected chi connectivity index (χ1v) is 3.86. The summed E-state index contributed by atoms with van der Waals surface area (Å²) in [5, 5.41) is 11.8. The molecule has 0 aromatic heterocycles. The van der Waals surface area contributed by atoms with Crippen molar-refractivity contribution in [2.24, 2.45) is 5.92 Å². The van der Waals surface area contributed by atoms with Crippen LogP contribution in [0.15, 0.2) is 0 Å². The molecule has 0 saturated heterocycles. The summed E-state index contributed by atoms with van der Waals surface area (Å²) in [6.45, 7) is 9.54. The van der Waals surface area contributed by atoms with Crippen molar-refractivity contribution < 1.29 is 5.11 Å². The fraction of sp³-hybridized carbons (Fsp3) is 1.00. The lowest BCUT2D eigenvalue weighted by atomic mass is 9.91. The third-order valence-corrected chi connectivity index (χ3v) is 2.14. The monoisotopic (exact) mass is 145 g/mol. The van der Waals surface area contributed by atoms with Gasteiger partial charge in [0.25, 0.3) is 0 Å². The number of hydrogen-bond donors (Lipinski definition) is 2. The highest BCUT2D eigenvalue weighted by Gasteiger charge is 2.20. The number of rotatable bonds is 4. The average molecular weight is 145 g/mol. The first-order chi connectivity index (χ1) is 4.50. The number of β-amino-alcohol motifs (C(OH)–C–C–N with tert-alkyl or cyclic N) is 1. The fourth-order valence-corrected chi connectivity index (χ4v) is 0.582. The van der Waals surface area contributed by atoms with Gasteiger partial charge in [0.15, 0.2) is 0 Å². The Morgan fingerprint density at radius 2 is 1.90 bits per heavy atom. The van der Waals surface area contributed by atoms with Gasteiger partial charge in [0.2, 0.25) is 0 Å². The molecule has 0 bridgehead atoms. The molecule has 0 unspecified atom stereocenters. The second-order valence-corrected chi connectivity index (χ2v) is 3.53. The number of aliphatic hydroxyl groups excluding tert-OH is 1. The van der Waals surface area contributed by atoms with E-state index in [9.17, 15) is 0 Å². The molecule has 0 amide bonds. The minimum absolute atomic E-state index is 0.142. The van der Waals surface area contributed by atoms with Gasteiger partial charge < -0.3 is 10.4 Å². The smallest absolute Gasteiger partial charge is 0.0556 e. The molecule has 10 heavy (non-hydrogen) atoms. The lowest BCUT2D eigenvalue weighted by molar-refractivity contribution is 0.235. The minimum Gasteiger partial charge on any atom is -0.395 e. The van der Waals surface area contributed by atoms with Crippen LogP contribution in [0.3, 0.4) is 0 Å². The van der Waals surface area contributed by atoms with Crippen molar-refractivity contribution in [3.8, 4) is 0 Å². The van der Waals surface area contributed by atoms with Crippen molar-refractivity contribution in [3.63, 3.8) is 0 Å². The van der Waals surface area contributed by atoms with E-state index in [1.165, 1.54) is 0 Å². The predicted octanol–water partition coefficient (Wildman–Crippen LogP) is 1.00. The van der Waals surface area contributed by atoms with Crippen molar-refractivity contribution in [3.05, 3.63) is 0 Å². The summed E-state index contributed by atoms with van der Waals surface area (Å²) in [4.78, 5) is 0. The van der Waals surface area contributed by atoms with E-state index in [1.807, 2.05) is 0 Å². The Bertz CT molecular complexity index is 89.3. The molecule has 0 atom stereocenters. The molecule has 0 aliphatic carbocycles. The summed E-state index contributed by atoms with van der Waals surface area (Å²) >= 11 is 0. The molecule has 0 fully saturated rings. The highest BCUT2D eigenvalue weighted by molar-refractivity contribution is 4.80. The van der Waals surface area contributed by atoms with Gasteiger partial charge in [0.05, 0.1) is 6.61 Å². The van der Waals surface area contributed by atoms with Crippen LogP contribution in [-0.2, 0) is 0 Å². The molecule has 0 aromatic carbocycles. The van der Waals surface area contributed by atoms with E-state index in [2.05, 4.69) is 33.0 Å². The average Bonchev–Trinajstić information content (AvgIpc) is 1.84. The van der Waals surface area contributed by atoms with Gasteiger partial charge >= 0.3 is 0 Å². The van der Waals surface area contributed by atoms with Crippen LogP contribution >= 0.6 is 0 Å². The van der Waals surface area contributed by atoms with Gasteiger partial charge in [-0.25, -0.2) is 0 Å². The van der Waals surface area contributed by atoms with Crippen LogP contribution in [-0.4, -0.2) is 23.8 Å². The third kappa shape index (κ3) is 3.18. The summed E-state index contributed by atoms with van der Waals surface area (Å²) < 4.78 is 0. The summed E-state index contributed by atoms with van der Waals surface area (Å²) in [5.41, 5.74) is 0.142. The van der Waals surface area contributed by atoms with Crippen molar-refractivity contribution in [2.45, 2.75) is 33.2 Å². The number of aliphatic hydroxyl groups is 1. The maximum absolute atomic E-state index is 8.55. The Hall–Kier alpha value is -0.0800. The van der Waals surface area contributed by atoms with Gasteiger partial charge in [-0.3, -0.25) is 0 Å². The summed E-state index contributed by atoms with van der Waals surface area (Å²) in [6, 6.07) is 0. The van der Waals surface area contributed by atoms with E-state index in [0.717, 1.165) is 0 Å². The molecule has 2 N–H and O–H groups in total. The topological polar surface area (TPSA) is 32.3 Å². The molecule has 62 valence electrons. The normalized spacial score (nSPS) is 12.6. The Morgan fingerprint density at radius 3 is 2.20 bits per heavy atom. The fourth-order valence-electron chi connectivity index (χ4n) is 0.582. The predicted molar refractivity (Wildman–Crippen MR) is 44.0 cm³/mol. The summed E-state index contributed by atoms with van der Waals surface area (Å²) in [5.74, 6) is 0.596. The van der Waals surface area contributed by atoms with E-state index >= 15 is 0 Å². The molecule has 2 heteroatoms. The van der Waals surface area contributed by atoms with Crippen molar-refractivity contribution in [1.82, 2.24) is 5.32 Å². The van der Waals surface area contributed by atoms with Crippen molar-refractivity contribution in [2.75, 3.05) is 13.2 Å². The number of hydrogen-bond acceptors (Lipinski definition) is 2. The summed E-state index contributed by atoms with van der Waals surface area (Å²) in [7, 11) is 0. The Balaban J connectivity index is 3.63. The van der Waals surface area contributed by atoms with E-state index in [1.54, 1.807) is 0 Å². The molecular weight excluding hydrogens is 126 g/mol. The molecule has 0 radical (unpaired) electrons. The minimum atomic E-state index is 0.142. The lowest BCUT2D eigenvalue weighted by Gasteiger charge is -2.30. The van der Waals surface area contributed by atoms with Gasteiger partial charge in [-0.2, -0.15) is 0 Å².